The van der Waals surface area contributed by atoms with Crippen LogP contribution in [0, 0.1) is 0 Å². The third-order valence-corrected chi connectivity index (χ3v) is 6.46. The summed E-state index contributed by atoms with van der Waals surface area (Å²) in [6, 6.07) is 7.49. The molecule has 1 aromatic carbocycles. The Hall–Kier alpha value is -3.49. The van der Waals surface area contributed by atoms with Crippen molar-refractivity contribution in [1.29, 1.82) is 0 Å². The molecule has 9 heteroatoms. The molecule has 2 aromatic rings. The summed E-state index contributed by atoms with van der Waals surface area (Å²) in [5.41, 5.74) is 0.563. The second kappa shape index (κ2) is 13.6. The Morgan fingerprint density at radius 3 is 2.53 bits per heavy atom. The number of hydrogen-bond acceptors (Lipinski definition) is 6. The van der Waals surface area contributed by atoms with E-state index in [-0.39, 0.29) is 30.2 Å². The van der Waals surface area contributed by atoms with Gasteiger partial charge in [-0.2, -0.15) is 0 Å². The number of benzene rings is 1. The zero-order valence-electron chi connectivity index (χ0n) is 21.4. The molecule has 0 saturated heterocycles. The van der Waals surface area contributed by atoms with E-state index >= 15 is 0 Å². The summed E-state index contributed by atoms with van der Waals surface area (Å²) in [5.74, 6) is 0.0313. The Kier molecular flexibility index (Phi) is 10.2. The predicted octanol–water partition coefficient (Wildman–Crippen LogP) is 3.85. The van der Waals surface area contributed by atoms with Gasteiger partial charge < -0.3 is 29.4 Å². The van der Waals surface area contributed by atoms with Crippen molar-refractivity contribution in [2.24, 2.45) is 0 Å². The molecule has 0 radical (unpaired) electrons. The van der Waals surface area contributed by atoms with Gasteiger partial charge in [0.15, 0.2) is 5.76 Å². The van der Waals surface area contributed by atoms with Crippen LogP contribution in [0.1, 0.15) is 74.0 Å². The van der Waals surface area contributed by atoms with Crippen LogP contribution in [0.3, 0.4) is 0 Å². The molecule has 0 aliphatic heterocycles. The number of nitrogens with one attached hydrogen (secondary N) is 2. The molecule has 36 heavy (non-hydrogen) atoms. The molecule has 1 heterocycles. The van der Waals surface area contributed by atoms with Crippen molar-refractivity contribution in [2.75, 3.05) is 27.3 Å². The van der Waals surface area contributed by atoms with E-state index in [1.54, 1.807) is 31.4 Å². The van der Waals surface area contributed by atoms with E-state index < -0.39 is 11.9 Å². The maximum Gasteiger partial charge on any atom is 0.287 e. The maximum absolute atomic E-state index is 13.8. The first kappa shape index (κ1) is 27.1. The fourth-order valence-corrected chi connectivity index (χ4v) is 4.50. The fourth-order valence-electron chi connectivity index (χ4n) is 4.50. The van der Waals surface area contributed by atoms with Crippen molar-refractivity contribution in [3.8, 4) is 11.5 Å². The molecule has 1 aromatic heterocycles. The average Bonchev–Trinajstić information content (AvgIpc) is 3.45. The predicted molar refractivity (Wildman–Crippen MR) is 135 cm³/mol. The van der Waals surface area contributed by atoms with E-state index in [1.165, 1.54) is 30.8 Å². The van der Waals surface area contributed by atoms with Crippen LogP contribution >= 0.6 is 0 Å². The van der Waals surface area contributed by atoms with E-state index in [0.717, 1.165) is 32.1 Å². The zero-order chi connectivity index (χ0) is 25.9. The topological polar surface area (TPSA) is 110 Å². The van der Waals surface area contributed by atoms with Gasteiger partial charge in [0.1, 0.15) is 17.5 Å². The molecule has 196 valence electrons. The number of rotatable bonds is 12. The minimum absolute atomic E-state index is 0.0692. The zero-order valence-corrected chi connectivity index (χ0v) is 21.4. The molecular formula is C27H37N3O6. The number of carbonyl (C=O) groups excluding carboxylic acids is 3. The Balaban J connectivity index is 1.91. The average molecular weight is 500 g/mol. The van der Waals surface area contributed by atoms with Crippen LogP contribution in [0.15, 0.2) is 41.0 Å². The van der Waals surface area contributed by atoms with E-state index in [0.29, 0.717) is 30.0 Å². The first-order valence-electron chi connectivity index (χ1n) is 12.6. The minimum Gasteiger partial charge on any atom is -0.497 e. The summed E-state index contributed by atoms with van der Waals surface area (Å²) in [6.07, 6.45) is 8.06. The van der Waals surface area contributed by atoms with Crippen molar-refractivity contribution in [1.82, 2.24) is 15.5 Å². The number of amides is 3. The SMILES string of the molecule is CCCCN(C(=O)CNC(=O)c1ccco1)[C@H](C(=O)NC1CCCCC1)c1ccc(OC)cc1OC. The van der Waals surface area contributed by atoms with Crippen molar-refractivity contribution in [3.63, 3.8) is 0 Å². The molecule has 3 rings (SSSR count). The van der Waals surface area contributed by atoms with E-state index in [4.69, 9.17) is 13.9 Å². The Labute approximate surface area is 212 Å². The van der Waals surface area contributed by atoms with Crippen LogP contribution in [0.4, 0.5) is 0 Å². The number of carbonyl (C=O) groups is 3. The number of hydrogen-bond donors (Lipinski definition) is 2. The molecular weight excluding hydrogens is 462 g/mol. The van der Waals surface area contributed by atoms with Gasteiger partial charge in [0.25, 0.3) is 5.91 Å². The quantitative estimate of drug-likeness (QED) is 0.459. The number of unbranched alkanes of at least 4 members (excludes halogenated alkanes) is 1. The van der Waals surface area contributed by atoms with Crippen LogP contribution in [0.25, 0.3) is 0 Å². The maximum atomic E-state index is 13.8. The molecule has 9 nitrogen and oxygen atoms in total. The standard InChI is InChI=1S/C27H37N3O6/c1-4-5-15-30(24(31)18-28-26(32)22-12-9-16-36-22)25(27(33)29-19-10-7-6-8-11-19)21-14-13-20(34-2)17-23(21)35-3/h9,12-14,16-17,19,25H,4-8,10-11,15,18H2,1-3H3,(H,28,32)(H,29,33)/t25-/m0/s1. The minimum atomic E-state index is -0.924. The highest BCUT2D eigenvalue weighted by Gasteiger charge is 2.34. The number of furan rings is 1. The third-order valence-electron chi connectivity index (χ3n) is 6.46. The number of methoxy groups -OCH3 is 2. The van der Waals surface area contributed by atoms with Gasteiger partial charge >= 0.3 is 0 Å². The van der Waals surface area contributed by atoms with Gasteiger partial charge in [-0.05, 0) is 43.5 Å². The summed E-state index contributed by atoms with van der Waals surface area (Å²) in [7, 11) is 3.08. The molecule has 2 N–H and O–H groups in total. The largest absolute Gasteiger partial charge is 0.497 e. The van der Waals surface area contributed by atoms with Crippen LogP contribution in [0.2, 0.25) is 0 Å². The number of ether oxygens (including phenoxy) is 2. The summed E-state index contributed by atoms with van der Waals surface area (Å²) in [4.78, 5) is 41.2. The first-order valence-corrected chi connectivity index (χ1v) is 12.6. The summed E-state index contributed by atoms with van der Waals surface area (Å²) < 4.78 is 16.1. The Morgan fingerprint density at radius 2 is 1.89 bits per heavy atom. The van der Waals surface area contributed by atoms with E-state index in [1.807, 2.05) is 6.92 Å². The van der Waals surface area contributed by atoms with Crippen LogP contribution in [-0.2, 0) is 9.59 Å². The lowest BCUT2D eigenvalue weighted by molar-refractivity contribution is -0.140. The van der Waals surface area contributed by atoms with Gasteiger partial charge in [-0.25, -0.2) is 0 Å². The van der Waals surface area contributed by atoms with Gasteiger partial charge in [-0.15, -0.1) is 0 Å². The Bertz CT molecular complexity index is 1000. The van der Waals surface area contributed by atoms with E-state index in [2.05, 4.69) is 10.6 Å². The molecule has 1 aliphatic rings. The molecule has 1 saturated carbocycles. The highest BCUT2D eigenvalue weighted by molar-refractivity contribution is 5.95. The number of nitrogens with zero attached hydrogens (tertiary/aromatic N) is 1. The third kappa shape index (κ3) is 7.02. The lowest BCUT2D eigenvalue weighted by Gasteiger charge is -2.34. The van der Waals surface area contributed by atoms with Crippen LogP contribution in [-0.4, -0.2) is 56.0 Å². The van der Waals surface area contributed by atoms with Crippen LogP contribution < -0.4 is 20.1 Å². The molecule has 3 amide bonds. The van der Waals surface area contributed by atoms with Crippen LogP contribution in [0.5, 0.6) is 11.5 Å². The highest BCUT2D eigenvalue weighted by atomic mass is 16.5. The van der Waals surface area contributed by atoms with Gasteiger partial charge in [-0.3, -0.25) is 14.4 Å². The summed E-state index contributed by atoms with van der Waals surface area (Å²) >= 11 is 0. The molecule has 0 spiro atoms. The van der Waals surface area contributed by atoms with Gasteiger partial charge in [0.05, 0.1) is 27.0 Å². The second-order valence-corrected chi connectivity index (χ2v) is 8.95. The lowest BCUT2D eigenvalue weighted by atomic mass is 9.94. The highest BCUT2D eigenvalue weighted by Crippen LogP contribution is 2.34. The normalized spacial score (nSPS) is 14.5. The fraction of sp³-hybridized carbons (Fsp3) is 0.519. The molecule has 1 fully saturated rings. The summed E-state index contributed by atoms with van der Waals surface area (Å²) in [5, 5.41) is 5.78. The smallest absolute Gasteiger partial charge is 0.287 e. The summed E-state index contributed by atoms with van der Waals surface area (Å²) in [6.45, 7) is 2.10. The van der Waals surface area contributed by atoms with Gasteiger partial charge in [-0.1, -0.05) is 32.6 Å². The Morgan fingerprint density at radius 1 is 1.11 bits per heavy atom. The molecule has 1 atom stereocenters. The van der Waals surface area contributed by atoms with Crippen molar-refractivity contribution in [3.05, 3.63) is 47.9 Å². The molecule has 0 bridgehead atoms. The second-order valence-electron chi connectivity index (χ2n) is 8.95. The van der Waals surface area contributed by atoms with Crippen molar-refractivity contribution >= 4 is 17.7 Å². The molecule has 1 aliphatic carbocycles. The van der Waals surface area contributed by atoms with Gasteiger partial charge in [0, 0.05) is 24.2 Å². The van der Waals surface area contributed by atoms with Crippen molar-refractivity contribution in [2.45, 2.75) is 64.0 Å². The molecule has 0 unspecified atom stereocenters. The lowest BCUT2D eigenvalue weighted by Crippen LogP contribution is -2.49. The monoisotopic (exact) mass is 499 g/mol. The first-order chi connectivity index (χ1) is 17.5. The van der Waals surface area contributed by atoms with Gasteiger partial charge in [0.2, 0.25) is 11.8 Å². The van der Waals surface area contributed by atoms with Crippen molar-refractivity contribution < 1.29 is 28.3 Å². The van der Waals surface area contributed by atoms with E-state index in [9.17, 15) is 14.4 Å².